The van der Waals surface area contributed by atoms with Crippen LogP contribution in [0.15, 0.2) is 0 Å². The van der Waals surface area contributed by atoms with Crippen LogP contribution >= 0.6 is 0 Å². The number of carbonyl (C=O) groups excluding carboxylic acids is 3. The zero-order valence-corrected chi connectivity index (χ0v) is 16.8. The van der Waals surface area contributed by atoms with E-state index in [1.807, 2.05) is 0 Å². The molecule has 1 saturated carbocycles. The van der Waals surface area contributed by atoms with Crippen LogP contribution in [0.25, 0.3) is 0 Å². The maximum absolute atomic E-state index is 12.1. The van der Waals surface area contributed by atoms with Crippen LogP contribution in [0.2, 0.25) is 0 Å². The molecule has 1 aliphatic rings. The Kier molecular flexibility index (Phi) is 7.29. The van der Waals surface area contributed by atoms with Crippen LogP contribution < -0.4 is 10.6 Å². The molecule has 0 aromatic rings. The molecule has 0 aromatic carbocycles. The third-order valence-corrected chi connectivity index (χ3v) is 3.59. The molecule has 2 atom stereocenters. The highest BCUT2D eigenvalue weighted by molar-refractivity contribution is 5.75. The molecular formula is C18H32N2O6. The highest BCUT2D eigenvalue weighted by Gasteiger charge is 2.41. The molecule has 2 N–H and O–H groups in total. The van der Waals surface area contributed by atoms with Crippen LogP contribution in [-0.4, -0.2) is 48.0 Å². The average Bonchev–Trinajstić information content (AvgIpc) is 2.77. The second-order valence-corrected chi connectivity index (χ2v) is 8.43. The second kappa shape index (κ2) is 8.60. The van der Waals surface area contributed by atoms with Crippen molar-refractivity contribution in [3.63, 3.8) is 0 Å². The van der Waals surface area contributed by atoms with Crippen LogP contribution in [0.4, 0.5) is 9.59 Å². The van der Waals surface area contributed by atoms with Crippen molar-refractivity contribution >= 4 is 18.2 Å². The summed E-state index contributed by atoms with van der Waals surface area (Å²) in [4.78, 5) is 36.2. The van der Waals surface area contributed by atoms with Crippen molar-refractivity contribution in [3.05, 3.63) is 0 Å². The number of alkyl carbamates (subject to hydrolysis) is 2. The molecule has 0 heterocycles. The summed E-state index contributed by atoms with van der Waals surface area (Å²) in [7, 11) is 0. The minimum atomic E-state index is -0.642. The summed E-state index contributed by atoms with van der Waals surface area (Å²) in [5.41, 5.74) is -1.28. The Morgan fingerprint density at radius 3 is 1.54 bits per heavy atom. The fourth-order valence-electron chi connectivity index (χ4n) is 2.73. The number of amides is 2. The lowest BCUT2D eigenvalue weighted by Gasteiger charge is -2.26. The van der Waals surface area contributed by atoms with Crippen LogP contribution in [0, 0.1) is 5.92 Å². The minimum absolute atomic E-state index is 0.281. The van der Waals surface area contributed by atoms with Gasteiger partial charge < -0.3 is 24.8 Å². The van der Waals surface area contributed by atoms with Crippen LogP contribution in [0.5, 0.6) is 0 Å². The fraction of sp³-hybridized carbons (Fsp3) is 0.833. The third kappa shape index (κ3) is 7.93. The summed E-state index contributed by atoms with van der Waals surface area (Å²) in [5.74, 6) is -0.744. The Balaban J connectivity index is 2.78. The largest absolute Gasteiger partial charge is 0.466 e. The monoisotopic (exact) mass is 372 g/mol. The molecule has 0 radical (unpaired) electrons. The summed E-state index contributed by atoms with van der Waals surface area (Å²) in [6.45, 7) is 12.6. The Morgan fingerprint density at radius 2 is 1.23 bits per heavy atom. The van der Waals surface area contributed by atoms with E-state index in [0.717, 1.165) is 0 Å². The summed E-state index contributed by atoms with van der Waals surface area (Å²) >= 11 is 0. The standard InChI is InChI=1S/C18H32N2O6/c1-8-24-14(21)11-9-12(19-15(22)25-17(2,3)4)13(10-11)20-16(23)26-18(5,6)7/h11-13H,8-10H2,1-7H3,(H,19,22)(H,20,23)/t12-,13-/m0/s1. The molecule has 0 bridgehead atoms. The van der Waals surface area contributed by atoms with Gasteiger partial charge in [0.25, 0.3) is 0 Å². The zero-order chi connectivity index (χ0) is 20.1. The van der Waals surface area contributed by atoms with E-state index < -0.39 is 41.4 Å². The molecule has 1 aliphatic carbocycles. The van der Waals surface area contributed by atoms with Crippen LogP contribution in [-0.2, 0) is 19.0 Å². The summed E-state index contributed by atoms with van der Waals surface area (Å²) < 4.78 is 15.6. The van der Waals surface area contributed by atoms with Crippen molar-refractivity contribution in [3.8, 4) is 0 Å². The van der Waals surface area contributed by atoms with Gasteiger partial charge in [0.05, 0.1) is 24.6 Å². The summed E-state index contributed by atoms with van der Waals surface area (Å²) in [6.07, 6.45) is -0.470. The van der Waals surface area contributed by atoms with Gasteiger partial charge in [0.2, 0.25) is 0 Å². The molecule has 0 aromatic heterocycles. The molecule has 0 saturated heterocycles. The molecule has 8 heteroatoms. The molecule has 150 valence electrons. The normalized spacial score (nSPS) is 21.0. The first-order valence-electron chi connectivity index (χ1n) is 8.96. The predicted molar refractivity (Wildman–Crippen MR) is 95.7 cm³/mol. The minimum Gasteiger partial charge on any atom is -0.466 e. The zero-order valence-electron chi connectivity index (χ0n) is 16.8. The number of nitrogens with one attached hydrogen (secondary N) is 2. The number of hydrogen-bond donors (Lipinski definition) is 2. The number of ether oxygens (including phenoxy) is 3. The lowest BCUT2D eigenvalue weighted by Crippen LogP contribution is -2.50. The van der Waals surface area contributed by atoms with Gasteiger partial charge in [0.15, 0.2) is 0 Å². The number of esters is 1. The molecule has 0 unspecified atom stereocenters. The Bertz CT molecular complexity index is 483. The molecule has 8 nitrogen and oxygen atoms in total. The van der Waals surface area contributed by atoms with Gasteiger partial charge in [-0.1, -0.05) is 0 Å². The molecular weight excluding hydrogens is 340 g/mol. The first-order chi connectivity index (χ1) is 11.8. The van der Waals surface area contributed by atoms with Crippen LogP contribution in [0.3, 0.4) is 0 Å². The lowest BCUT2D eigenvalue weighted by molar-refractivity contribution is -0.147. The smallest absolute Gasteiger partial charge is 0.407 e. The van der Waals surface area contributed by atoms with Crippen molar-refractivity contribution in [2.75, 3.05) is 6.61 Å². The van der Waals surface area contributed by atoms with Gasteiger partial charge in [0.1, 0.15) is 11.2 Å². The van der Waals surface area contributed by atoms with Gasteiger partial charge in [-0.2, -0.15) is 0 Å². The van der Waals surface area contributed by atoms with E-state index in [1.165, 1.54) is 0 Å². The predicted octanol–water partition coefficient (Wildman–Crippen LogP) is 2.75. The lowest BCUT2D eigenvalue weighted by atomic mass is 10.1. The van der Waals surface area contributed by atoms with Crippen molar-refractivity contribution in [1.29, 1.82) is 0 Å². The number of hydrogen-bond acceptors (Lipinski definition) is 6. The van der Waals surface area contributed by atoms with Crippen molar-refractivity contribution < 1.29 is 28.6 Å². The average molecular weight is 372 g/mol. The SMILES string of the molecule is CCOC(=O)C1C[C@H](NC(=O)OC(C)(C)C)[C@@H](NC(=O)OC(C)(C)C)C1. The Hall–Kier alpha value is -1.99. The van der Waals surface area contributed by atoms with Crippen LogP contribution in [0.1, 0.15) is 61.3 Å². The number of carbonyl (C=O) groups is 3. The topological polar surface area (TPSA) is 103 Å². The Labute approximate surface area is 155 Å². The summed E-state index contributed by atoms with van der Waals surface area (Å²) in [5, 5.41) is 5.48. The van der Waals surface area contributed by atoms with Crippen molar-refractivity contribution in [2.24, 2.45) is 5.92 Å². The molecule has 26 heavy (non-hydrogen) atoms. The fourth-order valence-corrected chi connectivity index (χ4v) is 2.73. The van der Waals surface area contributed by atoms with Gasteiger partial charge in [-0.15, -0.1) is 0 Å². The molecule has 0 spiro atoms. The molecule has 2 amide bonds. The van der Waals surface area contributed by atoms with E-state index in [4.69, 9.17) is 14.2 Å². The highest BCUT2D eigenvalue weighted by atomic mass is 16.6. The first-order valence-corrected chi connectivity index (χ1v) is 8.96. The van der Waals surface area contributed by atoms with Crippen molar-refractivity contribution in [2.45, 2.75) is 84.6 Å². The van der Waals surface area contributed by atoms with Gasteiger partial charge in [-0.25, -0.2) is 9.59 Å². The highest BCUT2D eigenvalue weighted by Crippen LogP contribution is 2.28. The molecule has 1 fully saturated rings. The van der Waals surface area contributed by atoms with Crippen molar-refractivity contribution in [1.82, 2.24) is 10.6 Å². The maximum Gasteiger partial charge on any atom is 0.407 e. The first kappa shape index (κ1) is 22.1. The van der Waals surface area contributed by atoms with Gasteiger partial charge in [-0.3, -0.25) is 4.79 Å². The number of rotatable bonds is 4. The van der Waals surface area contributed by atoms with E-state index in [1.54, 1.807) is 48.5 Å². The Morgan fingerprint density at radius 1 is 0.846 bits per heavy atom. The van der Waals surface area contributed by atoms with E-state index in [2.05, 4.69) is 10.6 Å². The quantitative estimate of drug-likeness (QED) is 0.581. The van der Waals surface area contributed by atoms with E-state index in [0.29, 0.717) is 12.8 Å². The summed E-state index contributed by atoms with van der Waals surface area (Å²) in [6, 6.07) is -0.904. The molecule has 0 aliphatic heterocycles. The third-order valence-electron chi connectivity index (χ3n) is 3.59. The van der Waals surface area contributed by atoms with Gasteiger partial charge >= 0.3 is 18.2 Å². The second-order valence-electron chi connectivity index (χ2n) is 8.43. The molecule has 1 rings (SSSR count). The van der Waals surface area contributed by atoms with Gasteiger partial charge in [-0.05, 0) is 61.3 Å². The van der Waals surface area contributed by atoms with E-state index in [-0.39, 0.29) is 12.6 Å². The maximum atomic E-state index is 12.1. The van der Waals surface area contributed by atoms with E-state index >= 15 is 0 Å². The van der Waals surface area contributed by atoms with Gasteiger partial charge in [0, 0.05) is 0 Å². The van der Waals surface area contributed by atoms with E-state index in [9.17, 15) is 14.4 Å².